The van der Waals surface area contributed by atoms with E-state index in [1.54, 1.807) is 11.3 Å². The molecule has 0 aliphatic carbocycles. The zero-order valence-corrected chi connectivity index (χ0v) is 12.7. The summed E-state index contributed by atoms with van der Waals surface area (Å²) in [5, 5.41) is 2.83. The number of hydrogen-bond donors (Lipinski definition) is 1. The van der Waals surface area contributed by atoms with Gasteiger partial charge in [0.2, 0.25) is 0 Å². The van der Waals surface area contributed by atoms with Crippen LogP contribution in [0.4, 0.5) is 0 Å². The Morgan fingerprint density at radius 2 is 2.26 bits per heavy atom. The van der Waals surface area contributed by atoms with Crippen molar-refractivity contribution in [3.63, 3.8) is 0 Å². The van der Waals surface area contributed by atoms with Crippen molar-refractivity contribution in [2.45, 2.75) is 19.5 Å². The molecular weight excluding hydrogens is 278 g/mol. The summed E-state index contributed by atoms with van der Waals surface area (Å²) in [4.78, 5) is 6.55. The number of nitrogens with zero attached hydrogens (tertiary/aromatic N) is 2. The first-order chi connectivity index (χ1) is 9.11. The summed E-state index contributed by atoms with van der Waals surface area (Å²) in [6, 6.07) is 6.14. The minimum absolute atomic E-state index is 0.180. The normalized spacial score (nSPS) is 12.9. The smallest absolute Gasteiger partial charge is 0.0795 e. The van der Waals surface area contributed by atoms with Crippen LogP contribution in [-0.4, -0.2) is 23.5 Å². The molecule has 0 aliphatic rings. The molecule has 0 amide bonds. The fourth-order valence-electron chi connectivity index (χ4n) is 2.24. The van der Waals surface area contributed by atoms with Gasteiger partial charge in [-0.25, -0.2) is 4.98 Å². The van der Waals surface area contributed by atoms with Crippen LogP contribution < -0.4 is 5.73 Å². The van der Waals surface area contributed by atoms with Gasteiger partial charge in [-0.3, -0.25) is 4.90 Å². The lowest BCUT2D eigenvalue weighted by molar-refractivity contribution is 0.239. The Labute approximate surface area is 123 Å². The number of rotatable bonds is 5. The lowest BCUT2D eigenvalue weighted by Crippen LogP contribution is -2.30. The van der Waals surface area contributed by atoms with Gasteiger partial charge < -0.3 is 5.73 Å². The summed E-state index contributed by atoms with van der Waals surface area (Å²) in [6.45, 7) is 3.44. The van der Waals surface area contributed by atoms with Crippen LogP contribution in [0.2, 0.25) is 5.02 Å². The Bertz CT molecular complexity index is 527. The highest BCUT2D eigenvalue weighted by Crippen LogP contribution is 2.25. The van der Waals surface area contributed by atoms with Crippen molar-refractivity contribution in [3.05, 3.63) is 50.9 Å². The molecule has 3 nitrogen and oxygen atoms in total. The molecule has 5 heteroatoms. The maximum absolute atomic E-state index is 6.01. The van der Waals surface area contributed by atoms with Gasteiger partial charge in [-0.15, -0.1) is 11.3 Å². The molecule has 1 aromatic heterocycles. The number of benzene rings is 1. The molecular formula is C14H18ClN3S. The third-order valence-electron chi connectivity index (χ3n) is 3.24. The monoisotopic (exact) mass is 295 g/mol. The molecule has 0 aliphatic heterocycles. The van der Waals surface area contributed by atoms with E-state index in [-0.39, 0.29) is 6.04 Å². The van der Waals surface area contributed by atoms with Crippen molar-refractivity contribution in [1.82, 2.24) is 9.88 Å². The zero-order valence-electron chi connectivity index (χ0n) is 11.1. The van der Waals surface area contributed by atoms with Crippen molar-refractivity contribution in [3.8, 4) is 0 Å². The summed E-state index contributed by atoms with van der Waals surface area (Å²) in [6.07, 6.45) is 0. The topological polar surface area (TPSA) is 42.1 Å². The fourth-order valence-corrected chi connectivity index (χ4v) is 3.01. The van der Waals surface area contributed by atoms with E-state index >= 15 is 0 Å². The van der Waals surface area contributed by atoms with Crippen LogP contribution in [0.3, 0.4) is 0 Å². The van der Waals surface area contributed by atoms with E-state index in [1.807, 2.05) is 17.6 Å². The largest absolute Gasteiger partial charge is 0.329 e. The van der Waals surface area contributed by atoms with Crippen LogP contribution in [0.5, 0.6) is 0 Å². The van der Waals surface area contributed by atoms with Gasteiger partial charge in [0.15, 0.2) is 0 Å². The number of nitrogens with two attached hydrogens (primary N) is 1. The number of halogens is 1. The standard InChI is InChI=1S/C14H18ClN3S/c1-10-5-11(15)3-4-13(10)14(6-16)18(2)7-12-8-19-9-17-12/h3-5,8-9,14H,6-7,16H2,1-2H3. The maximum Gasteiger partial charge on any atom is 0.0795 e. The number of hydrogen-bond acceptors (Lipinski definition) is 4. The van der Waals surface area contributed by atoms with Gasteiger partial charge in [-0.05, 0) is 37.2 Å². The second kappa shape index (κ2) is 6.48. The van der Waals surface area contributed by atoms with Crippen molar-refractivity contribution in [2.24, 2.45) is 5.73 Å². The van der Waals surface area contributed by atoms with E-state index in [4.69, 9.17) is 17.3 Å². The summed E-state index contributed by atoms with van der Waals surface area (Å²) in [5.41, 5.74) is 11.3. The molecule has 0 spiro atoms. The van der Waals surface area contributed by atoms with Gasteiger partial charge >= 0.3 is 0 Å². The Balaban J connectivity index is 2.18. The summed E-state index contributed by atoms with van der Waals surface area (Å²) < 4.78 is 0. The molecule has 0 saturated carbocycles. The average Bonchev–Trinajstić information content (AvgIpc) is 2.85. The maximum atomic E-state index is 6.01. The predicted octanol–water partition coefficient (Wildman–Crippen LogP) is 3.24. The average molecular weight is 296 g/mol. The fraction of sp³-hybridized carbons (Fsp3) is 0.357. The van der Waals surface area contributed by atoms with Crippen LogP contribution in [0, 0.1) is 6.92 Å². The molecule has 0 fully saturated rings. The Kier molecular flexibility index (Phi) is 4.93. The van der Waals surface area contributed by atoms with E-state index < -0.39 is 0 Å². The summed E-state index contributed by atoms with van der Waals surface area (Å²) in [7, 11) is 2.07. The highest BCUT2D eigenvalue weighted by atomic mass is 35.5. The first kappa shape index (κ1) is 14.5. The van der Waals surface area contributed by atoms with E-state index in [0.29, 0.717) is 6.54 Å². The van der Waals surface area contributed by atoms with Crippen molar-refractivity contribution >= 4 is 22.9 Å². The quantitative estimate of drug-likeness (QED) is 0.921. The van der Waals surface area contributed by atoms with Crippen LogP contribution in [-0.2, 0) is 6.54 Å². The summed E-state index contributed by atoms with van der Waals surface area (Å²) in [5.74, 6) is 0. The van der Waals surface area contributed by atoms with Crippen molar-refractivity contribution in [1.29, 1.82) is 0 Å². The van der Waals surface area contributed by atoms with E-state index in [1.165, 1.54) is 11.1 Å². The van der Waals surface area contributed by atoms with Gasteiger partial charge in [0.25, 0.3) is 0 Å². The molecule has 102 valence electrons. The van der Waals surface area contributed by atoms with Crippen LogP contribution in [0.1, 0.15) is 22.9 Å². The van der Waals surface area contributed by atoms with Gasteiger partial charge in [-0.2, -0.15) is 0 Å². The van der Waals surface area contributed by atoms with Gasteiger partial charge in [0.1, 0.15) is 0 Å². The minimum atomic E-state index is 0.180. The first-order valence-corrected chi connectivity index (χ1v) is 7.47. The second-order valence-electron chi connectivity index (χ2n) is 4.65. The van der Waals surface area contributed by atoms with E-state index in [9.17, 15) is 0 Å². The summed E-state index contributed by atoms with van der Waals surface area (Å²) >= 11 is 7.62. The lowest BCUT2D eigenvalue weighted by atomic mass is 10.00. The molecule has 2 rings (SSSR count). The second-order valence-corrected chi connectivity index (χ2v) is 5.80. The van der Waals surface area contributed by atoms with Crippen molar-refractivity contribution < 1.29 is 0 Å². The SMILES string of the molecule is Cc1cc(Cl)ccc1C(CN)N(C)Cc1cscn1. The molecule has 19 heavy (non-hydrogen) atoms. The Morgan fingerprint density at radius 3 is 2.84 bits per heavy atom. The highest BCUT2D eigenvalue weighted by molar-refractivity contribution is 7.07. The van der Waals surface area contributed by atoms with Gasteiger partial charge in [0, 0.05) is 29.5 Å². The molecule has 2 aromatic rings. The molecule has 0 saturated heterocycles. The number of thiazole rings is 1. The van der Waals surface area contributed by atoms with E-state index in [0.717, 1.165) is 17.3 Å². The Hall–Kier alpha value is -0.940. The molecule has 1 heterocycles. The zero-order chi connectivity index (χ0) is 13.8. The van der Waals surface area contributed by atoms with Crippen molar-refractivity contribution in [2.75, 3.05) is 13.6 Å². The molecule has 1 atom stereocenters. The molecule has 1 unspecified atom stereocenters. The minimum Gasteiger partial charge on any atom is -0.329 e. The molecule has 1 aromatic carbocycles. The highest BCUT2D eigenvalue weighted by Gasteiger charge is 2.18. The first-order valence-electron chi connectivity index (χ1n) is 6.15. The third kappa shape index (κ3) is 3.54. The number of aromatic nitrogens is 1. The van der Waals surface area contributed by atoms with Crippen LogP contribution >= 0.6 is 22.9 Å². The molecule has 0 bridgehead atoms. The third-order valence-corrected chi connectivity index (χ3v) is 4.11. The molecule has 2 N–H and O–H groups in total. The molecule has 0 radical (unpaired) electrons. The number of likely N-dealkylation sites (N-methyl/N-ethyl adjacent to an activating group) is 1. The van der Waals surface area contributed by atoms with Gasteiger partial charge in [0.05, 0.1) is 11.2 Å². The van der Waals surface area contributed by atoms with Crippen LogP contribution in [0.15, 0.2) is 29.1 Å². The predicted molar refractivity (Wildman–Crippen MR) is 81.6 cm³/mol. The number of aryl methyl sites for hydroxylation is 1. The lowest BCUT2D eigenvalue weighted by Gasteiger charge is -2.28. The van der Waals surface area contributed by atoms with E-state index in [2.05, 4.69) is 35.3 Å². The van der Waals surface area contributed by atoms with Crippen LogP contribution in [0.25, 0.3) is 0 Å². The Morgan fingerprint density at radius 1 is 1.47 bits per heavy atom. The van der Waals surface area contributed by atoms with Gasteiger partial charge in [-0.1, -0.05) is 17.7 Å².